The SMILES string of the molecule is CCCCCCCOCCOc1cccc(C#CCO)c1. The summed E-state index contributed by atoms with van der Waals surface area (Å²) < 4.78 is 11.2. The number of ether oxygens (including phenoxy) is 2. The molecule has 0 bridgehead atoms. The molecule has 0 heterocycles. The monoisotopic (exact) mass is 290 g/mol. The van der Waals surface area contributed by atoms with Crippen molar-refractivity contribution in [3.8, 4) is 17.6 Å². The minimum absolute atomic E-state index is 0.128. The van der Waals surface area contributed by atoms with Crippen LogP contribution in [0.1, 0.15) is 44.6 Å². The summed E-state index contributed by atoms with van der Waals surface area (Å²) in [5, 5.41) is 8.67. The van der Waals surface area contributed by atoms with Gasteiger partial charge in [0.15, 0.2) is 0 Å². The van der Waals surface area contributed by atoms with Crippen LogP contribution < -0.4 is 4.74 Å². The summed E-state index contributed by atoms with van der Waals surface area (Å²) in [7, 11) is 0. The first-order valence-electron chi connectivity index (χ1n) is 7.77. The van der Waals surface area contributed by atoms with E-state index in [2.05, 4.69) is 18.8 Å². The Labute approximate surface area is 128 Å². The lowest BCUT2D eigenvalue weighted by Gasteiger charge is -2.07. The molecule has 0 fully saturated rings. The number of hydrogen-bond acceptors (Lipinski definition) is 3. The first kappa shape index (κ1) is 17.6. The third-order valence-corrected chi connectivity index (χ3v) is 3.03. The van der Waals surface area contributed by atoms with E-state index in [-0.39, 0.29) is 6.61 Å². The second-order valence-corrected chi connectivity index (χ2v) is 4.86. The van der Waals surface area contributed by atoms with Crippen LogP contribution in [0.25, 0.3) is 0 Å². The molecule has 3 heteroatoms. The van der Waals surface area contributed by atoms with Crippen molar-refractivity contribution in [2.24, 2.45) is 0 Å². The van der Waals surface area contributed by atoms with E-state index in [4.69, 9.17) is 14.6 Å². The molecule has 1 rings (SSSR count). The molecule has 0 radical (unpaired) electrons. The van der Waals surface area contributed by atoms with E-state index in [1.165, 1.54) is 25.7 Å². The van der Waals surface area contributed by atoms with E-state index in [0.717, 1.165) is 24.3 Å². The second-order valence-electron chi connectivity index (χ2n) is 4.86. The number of benzene rings is 1. The van der Waals surface area contributed by atoms with Gasteiger partial charge >= 0.3 is 0 Å². The molecule has 0 atom stereocenters. The average Bonchev–Trinajstić information content (AvgIpc) is 2.52. The van der Waals surface area contributed by atoms with Crippen molar-refractivity contribution in [2.45, 2.75) is 39.0 Å². The summed E-state index contributed by atoms with van der Waals surface area (Å²) >= 11 is 0. The topological polar surface area (TPSA) is 38.7 Å². The molecule has 0 aliphatic rings. The normalized spacial score (nSPS) is 10.0. The fraction of sp³-hybridized carbons (Fsp3) is 0.556. The fourth-order valence-electron chi connectivity index (χ4n) is 1.93. The van der Waals surface area contributed by atoms with Crippen LogP contribution >= 0.6 is 0 Å². The van der Waals surface area contributed by atoms with Gasteiger partial charge < -0.3 is 14.6 Å². The van der Waals surface area contributed by atoms with Gasteiger partial charge in [-0.2, -0.15) is 0 Å². The van der Waals surface area contributed by atoms with E-state index in [1.54, 1.807) is 0 Å². The van der Waals surface area contributed by atoms with Crippen molar-refractivity contribution >= 4 is 0 Å². The van der Waals surface area contributed by atoms with Crippen LogP contribution in [0.4, 0.5) is 0 Å². The van der Waals surface area contributed by atoms with Gasteiger partial charge in [-0.3, -0.25) is 0 Å². The van der Waals surface area contributed by atoms with Crippen molar-refractivity contribution in [1.29, 1.82) is 0 Å². The summed E-state index contributed by atoms with van der Waals surface area (Å²) in [5.74, 6) is 6.26. The molecular weight excluding hydrogens is 264 g/mol. The van der Waals surface area contributed by atoms with Crippen molar-refractivity contribution < 1.29 is 14.6 Å². The Balaban J connectivity index is 2.10. The molecule has 0 aliphatic heterocycles. The molecule has 0 unspecified atom stereocenters. The molecule has 1 aromatic rings. The summed E-state index contributed by atoms with van der Waals surface area (Å²) in [4.78, 5) is 0. The zero-order valence-electron chi connectivity index (χ0n) is 12.9. The number of aliphatic hydroxyl groups is 1. The van der Waals surface area contributed by atoms with Gasteiger partial charge in [0, 0.05) is 12.2 Å². The van der Waals surface area contributed by atoms with Gasteiger partial charge in [-0.05, 0) is 24.6 Å². The molecule has 21 heavy (non-hydrogen) atoms. The first-order chi connectivity index (χ1) is 10.4. The van der Waals surface area contributed by atoms with Crippen LogP contribution in [0.5, 0.6) is 5.75 Å². The van der Waals surface area contributed by atoms with Gasteiger partial charge in [0.2, 0.25) is 0 Å². The van der Waals surface area contributed by atoms with Crippen LogP contribution in [0.3, 0.4) is 0 Å². The van der Waals surface area contributed by atoms with Crippen molar-refractivity contribution in [1.82, 2.24) is 0 Å². The van der Waals surface area contributed by atoms with Crippen LogP contribution in [0.2, 0.25) is 0 Å². The number of hydrogen-bond donors (Lipinski definition) is 1. The third-order valence-electron chi connectivity index (χ3n) is 3.03. The van der Waals surface area contributed by atoms with Gasteiger partial charge in [-0.15, -0.1) is 0 Å². The van der Waals surface area contributed by atoms with Gasteiger partial charge in [0.05, 0.1) is 6.61 Å². The van der Waals surface area contributed by atoms with E-state index in [0.29, 0.717) is 13.2 Å². The number of rotatable bonds is 10. The summed E-state index contributed by atoms with van der Waals surface area (Å²) in [6.45, 7) is 4.07. The second kappa shape index (κ2) is 12.3. The highest BCUT2D eigenvalue weighted by molar-refractivity contribution is 5.39. The molecule has 3 nitrogen and oxygen atoms in total. The molecule has 0 amide bonds. The zero-order valence-corrected chi connectivity index (χ0v) is 12.9. The average molecular weight is 290 g/mol. The van der Waals surface area contributed by atoms with Gasteiger partial charge in [-0.1, -0.05) is 50.5 Å². The maximum Gasteiger partial charge on any atom is 0.120 e. The van der Waals surface area contributed by atoms with E-state index in [1.807, 2.05) is 24.3 Å². The predicted octanol–water partition coefficient (Wildman–Crippen LogP) is 3.40. The Morgan fingerprint density at radius 1 is 1.05 bits per heavy atom. The van der Waals surface area contributed by atoms with Gasteiger partial charge in [0.1, 0.15) is 19.0 Å². The predicted molar refractivity (Wildman–Crippen MR) is 85.5 cm³/mol. The molecule has 0 saturated carbocycles. The van der Waals surface area contributed by atoms with Crippen LogP contribution in [0.15, 0.2) is 24.3 Å². The molecule has 1 N–H and O–H groups in total. The highest BCUT2D eigenvalue weighted by Crippen LogP contribution is 2.12. The zero-order chi connectivity index (χ0) is 15.2. The Hall–Kier alpha value is -1.50. The van der Waals surface area contributed by atoms with Crippen LogP contribution in [0, 0.1) is 11.8 Å². The summed E-state index contributed by atoms with van der Waals surface area (Å²) in [6, 6.07) is 7.55. The van der Waals surface area contributed by atoms with E-state index in [9.17, 15) is 0 Å². The van der Waals surface area contributed by atoms with E-state index < -0.39 is 0 Å². The molecule has 0 spiro atoms. The Morgan fingerprint density at radius 3 is 2.71 bits per heavy atom. The highest BCUT2D eigenvalue weighted by atomic mass is 16.5. The number of aliphatic hydroxyl groups excluding tert-OH is 1. The van der Waals surface area contributed by atoms with E-state index >= 15 is 0 Å². The maximum atomic E-state index is 8.67. The van der Waals surface area contributed by atoms with Crippen LogP contribution in [-0.4, -0.2) is 31.5 Å². The minimum atomic E-state index is -0.128. The molecular formula is C18H26O3. The lowest BCUT2D eigenvalue weighted by molar-refractivity contribution is 0.0971. The third kappa shape index (κ3) is 9.12. The van der Waals surface area contributed by atoms with Gasteiger partial charge in [-0.25, -0.2) is 0 Å². The molecule has 0 aliphatic carbocycles. The molecule has 0 saturated heterocycles. The Morgan fingerprint density at radius 2 is 1.90 bits per heavy atom. The maximum absolute atomic E-state index is 8.67. The summed E-state index contributed by atoms with van der Waals surface area (Å²) in [6.07, 6.45) is 6.28. The molecule has 0 aromatic heterocycles. The van der Waals surface area contributed by atoms with Crippen molar-refractivity contribution in [3.05, 3.63) is 29.8 Å². The minimum Gasteiger partial charge on any atom is -0.491 e. The smallest absolute Gasteiger partial charge is 0.120 e. The van der Waals surface area contributed by atoms with Crippen LogP contribution in [-0.2, 0) is 4.74 Å². The standard InChI is InChI=1S/C18H26O3/c1-2-3-4-5-6-13-20-14-15-21-18-11-7-9-17(16-18)10-8-12-19/h7,9,11,16,19H,2-6,12-15H2,1H3. The Bertz CT molecular complexity index is 432. The van der Waals surface area contributed by atoms with Crippen molar-refractivity contribution in [3.63, 3.8) is 0 Å². The lowest BCUT2D eigenvalue weighted by Crippen LogP contribution is -2.07. The molecule has 1 aromatic carbocycles. The Kier molecular flexibility index (Phi) is 10.2. The summed E-state index contributed by atoms with van der Waals surface area (Å²) in [5.41, 5.74) is 0.846. The quantitative estimate of drug-likeness (QED) is 0.530. The number of unbranched alkanes of at least 4 members (excludes halogenated alkanes) is 4. The van der Waals surface area contributed by atoms with Gasteiger partial charge in [0.25, 0.3) is 0 Å². The highest BCUT2D eigenvalue weighted by Gasteiger charge is 1.96. The molecule has 116 valence electrons. The first-order valence-corrected chi connectivity index (χ1v) is 7.77. The largest absolute Gasteiger partial charge is 0.491 e. The fourth-order valence-corrected chi connectivity index (χ4v) is 1.93. The van der Waals surface area contributed by atoms with Crippen molar-refractivity contribution in [2.75, 3.05) is 26.4 Å². The lowest BCUT2D eigenvalue weighted by atomic mass is 10.2.